The van der Waals surface area contributed by atoms with Crippen molar-refractivity contribution in [2.45, 2.75) is 6.92 Å². The highest BCUT2D eigenvalue weighted by Crippen LogP contribution is 2.28. The van der Waals surface area contributed by atoms with E-state index in [1.165, 1.54) is 0 Å². The van der Waals surface area contributed by atoms with Crippen LogP contribution in [0.25, 0.3) is 27.8 Å². The molecule has 0 aliphatic rings. The van der Waals surface area contributed by atoms with Crippen LogP contribution >= 0.6 is 0 Å². The fraction of sp³-hybridized carbons (Fsp3) is 0.118. The molecule has 6 nitrogen and oxygen atoms in total. The number of hydrogen-bond acceptors (Lipinski definition) is 4. The molecule has 4 rings (SSSR count). The summed E-state index contributed by atoms with van der Waals surface area (Å²) >= 11 is 0. The Labute approximate surface area is 131 Å². The first-order chi connectivity index (χ1) is 11.2. The molecule has 0 saturated carbocycles. The highest BCUT2D eigenvalue weighted by atomic mass is 16.5. The van der Waals surface area contributed by atoms with Crippen molar-refractivity contribution in [1.29, 1.82) is 0 Å². The van der Waals surface area contributed by atoms with Gasteiger partial charge in [-0.25, -0.2) is 4.98 Å². The first-order valence-corrected chi connectivity index (χ1v) is 7.19. The molecular weight excluding hydrogens is 292 g/mol. The van der Waals surface area contributed by atoms with Crippen LogP contribution in [0.2, 0.25) is 0 Å². The Morgan fingerprint density at radius 1 is 1.17 bits per heavy atom. The smallest absolute Gasteiger partial charge is 0.257 e. The number of benzene rings is 1. The molecule has 1 N–H and O–H groups in total. The van der Waals surface area contributed by atoms with E-state index in [2.05, 4.69) is 15.1 Å². The van der Waals surface area contributed by atoms with Crippen molar-refractivity contribution in [2.24, 2.45) is 0 Å². The molecule has 0 bridgehead atoms. The third kappa shape index (κ3) is 2.07. The fourth-order valence-corrected chi connectivity index (χ4v) is 2.76. The maximum Gasteiger partial charge on any atom is 0.257 e. The molecule has 3 heterocycles. The van der Waals surface area contributed by atoms with Crippen LogP contribution in [0.4, 0.5) is 0 Å². The maximum atomic E-state index is 12.6. The zero-order chi connectivity index (χ0) is 16.0. The Kier molecular flexibility index (Phi) is 2.90. The molecule has 3 aromatic heterocycles. The summed E-state index contributed by atoms with van der Waals surface area (Å²) in [7, 11) is 1.59. The number of H-pyrrole nitrogens is 1. The number of hydrogen-bond donors (Lipinski definition) is 1. The predicted octanol–water partition coefficient (Wildman–Crippen LogP) is 2.55. The highest BCUT2D eigenvalue weighted by molar-refractivity contribution is 5.83. The number of aryl methyl sites for hydroxylation is 1. The van der Waals surface area contributed by atoms with Gasteiger partial charge in [-0.3, -0.25) is 4.79 Å². The van der Waals surface area contributed by atoms with E-state index in [0.717, 1.165) is 16.6 Å². The zero-order valence-corrected chi connectivity index (χ0v) is 12.7. The van der Waals surface area contributed by atoms with E-state index in [1.807, 2.05) is 43.3 Å². The number of para-hydroxylation sites is 1. The summed E-state index contributed by atoms with van der Waals surface area (Å²) in [5, 5.41) is 5.18. The van der Waals surface area contributed by atoms with Crippen molar-refractivity contribution >= 4 is 16.7 Å². The van der Waals surface area contributed by atoms with E-state index in [-0.39, 0.29) is 5.56 Å². The zero-order valence-electron chi connectivity index (χ0n) is 12.7. The number of fused-ring (bicyclic) bond motifs is 3. The molecular formula is C17H14N4O2. The van der Waals surface area contributed by atoms with Crippen molar-refractivity contribution in [2.75, 3.05) is 7.11 Å². The monoisotopic (exact) mass is 306 g/mol. The van der Waals surface area contributed by atoms with E-state index in [9.17, 15) is 4.79 Å². The number of aromatic amines is 1. The lowest BCUT2D eigenvalue weighted by atomic mass is 10.1. The van der Waals surface area contributed by atoms with Crippen LogP contribution in [0.1, 0.15) is 5.69 Å². The van der Waals surface area contributed by atoms with Crippen LogP contribution in [0.15, 0.2) is 47.4 Å². The summed E-state index contributed by atoms with van der Waals surface area (Å²) in [5.74, 6) is 0.654. The largest absolute Gasteiger partial charge is 0.496 e. The summed E-state index contributed by atoms with van der Waals surface area (Å²) in [6.45, 7) is 1.89. The van der Waals surface area contributed by atoms with Crippen molar-refractivity contribution in [1.82, 2.24) is 19.6 Å². The second kappa shape index (κ2) is 4.95. The van der Waals surface area contributed by atoms with Crippen LogP contribution in [-0.2, 0) is 0 Å². The van der Waals surface area contributed by atoms with Gasteiger partial charge in [-0.1, -0.05) is 18.2 Å². The standard InChI is InChI=1S/C17H14N4O2/c1-10-7-15-18-9-11-8-13(12-5-3-4-6-14(12)23-2)17(22)19-16(11)21(15)20-10/h3-9H,1-2H3,(H,19,22). The molecule has 4 aromatic rings. The second-order valence-corrected chi connectivity index (χ2v) is 5.33. The fourth-order valence-electron chi connectivity index (χ4n) is 2.76. The van der Waals surface area contributed by atoms with Crippen LogP contribution < -0.4 is 10.3 Å². The Morgan fingerprint density at radius 2 is 2.00 bits per heavy atom. The van der Waals surface area contributed by atoms with E-state index in [1.54, 1.807) is 17.8 Å². The minimum Gasteiger partial charge on any atom is -0.496 e. The molecule has 0 amide bonds. The summed E-state index contributed by atoms with van der Waals surface area (Å²) < 4.78 is 7.01. The van der Waals surface area contributed by atoms with Crippen LogP contribution in [0, 0.1) is 6.92 Å². The molecule has 0 unspecified atom stereocenters. The van der Waals surface area contributed by atoms with Gasteiger partial charge >= 0.3 is 0 Å². The van der Waals surface area contributed by atoms with Gasteiger partial charge in [0, 0.05) is 23.2 Å². The van der Waals surface area contributed by atoms with E-state index in [0.29, 0.717) is 22.6 Å². The van der Waals surface area contributed by atoms with Gasteiger partial charge in [-0.15, -0.1) is 0 Å². The van der Waals surface area contributed by atoms with Gasteiger partial charge in [0.05, 0.1) is 18.4 Å². The van der Waals surface area contributed by atoms with Crippen molar-refractivity contribution < 1.29 is 4.74 Å². The van der Waals surface area contributed by atoms with E-state index in [4.69, 9.17) is 4.74 Å². The molecule has 23 heavy (non-hydrogen) atoms. The number of rotatable bonds is 2. The Morgan fingerprint density at radius 3 is 2.83 bits per heavy atom. The average Bonchev–Trinajstić information content (AvgIpc) is 2.95. The summed E-state index contributed by atoms with van der Waals surface area (Å²) in [4.78, 5) is 19.9. The highest BCUT2D eigenvalue weighted by Gasteiger charge is 2.12. The third-order valence-corrected chi connectivity index (χ3v) is 3.81. The minimum absolute atomic E-state index is 0.192. The van der Waals surface area contributed by atoms with Crippen LogP contribution in [0.3, 0.4) is 0 Å². The van der Waals surface area contributed by atoms with Crippen molar-refractivity contribution in [3.05, 3.63) is 58.6 Å². The van der Waals surface area contributed by atoms with Gasteiger partial charge in [-0.05, 0) is 19.1 Å². The van der Waals surface area contributed by atoms with Crippen LogP contribution in [-0.4, -0.2) is 26.7 Å². The quantitative estimate of drug-likeness (QED) is 0.618. The topological polar surface area (TPSA) is 72.3 Å². The summed E-state index contributed by atoms with van der Waals surface area (Å²) in [5.41, 5.74) is 3.28. The van der Waals surface area contributed by atoms with Gasteiger partial charge in [0.2, 0.25) is 0 Å². The number of nitrogens with zero attached hydrogens (tertiary/aromatic N) is 3. The number of methoxy groups -OCH3 is 1. The first kappa shape index (κ1) is 13.5. The maximum absolute atomic E-state index is 12.6. The third-order valence-electron chi connectivity index (χ3n) is 3.81. The van der Waals surface area contributed by atoms with Gasteiger partial charge in [-0.2, -0.15) is 9.61 Å². The predicted molar refractivity (Wildman–Crippen MR) is 87.8 cm³/mol. The van der Waals surface area contributed by atoms with Gasteiger partial charge in [0.1, 0.15) is 11.4 Å². The molecule has 0 aliphatic carbocycles. The molecule has 0 atom stereocenters. The van der Waals surface area contributed by atoms with Gasteiger partial charge in [0.15, 0.2) is 5.65 Å². The molecule has 0 radical (unpaired) electrons. The molecule has 1 aromatic carbocycles. The summed E-state index contributed by atoms with van der Waals surface area (Å²) in [6, 6.07) is 11.1. The van der Waals surface area contributed by atoms with Gasteiger partial charge < -0.3 is 9.72 Å². The molecule has 0 fully saturated rings. The second-order valence-electron chi connectivity index (χ2n) is 5.33. The summed E-state index contributed by atoms with van der Waals surface area (Å²) in [6.07, 6.45) is 1.74. The van der Waals surface area contributed by atoms with Gasteiger partial charge in [0.25, 0.3) is 5.56 Å². The van der Waals surface area contributed by atoms with E-state index >= 15 is 0 Å². The molecule has 0 spiro atoms. The minimum atomic E-state index is -0.192. The number of ether oxygens (including phenoxy) is 1. The lowest BCUT2D eigenvalue weighted by Crippen LogP contribution is -2.11. The number of aromatic nitrogens is 4. The Hall–Kier alpha value is -3.15. The number of nitrogens with one attached hydrogen (secondary N) is 1. The van der Waals surface area contributed by atoms with Crippen LogP contribution in [0.5, 0.6) is 5.75 Å². The normalized spacial score (nSPS) is 11.2. The first-order valence-electron chi connectivity index (χ1n) is 7.19. The average molecular weight is 306 g/mol. The van der Waals surface area contributed by atoms with Crippen molar-refractivity contribution in [3.63, 3.8) is 0 Å². The van der Waals surface area contributed by atoms with E-state index < -0.39 is 0 Å². The number of pyridine rings is 1. The Balaban J connectivity index is 2.05. The molecule has 114 valence electrons. The SMILES string of the molecule is COc1ccccc1-c1cc2cnc3cc(C)nn3c2[nH]c1=O. The molecule has 6 heteroatoms. The lowest BCUT2D eigenvalue weighted by molar-refractivity contribution is 0.416. The molecule has 0 aliphatic heterocycles. The Bertz CT molecular complexity index is 1090. The molecule has 0 saturated heterocycles. The van der Waals surface area contributed by atoms with Crippen molar-refractivity contribution in [3.8, 4) is 16.9 Å². The lowest BCUT2D eigenvalue weighted by Gasteiger charge is -2.09.